The molecule has 1 rings (SSSR count). The third-order valence-corrected chi connectivity index (χ3v) is 2.69. The molecule has 0 bridgehead atoms. The maximum Gasteiger partial charge on any atom is 0.209 e. The topological polar surface area (TPSA) is 51.1 Å². The first-order chi connectivity index (χ1) is 5.88. The molecule has 1 aromatic rings. The van der Waals surface area contributed by atoms with E-state index in [1.54, 1.807) is 0 Å². The van der Waals surface area contributed by atoms with Crippen molar-refractivity contribution in [3.05, 3.63) is 22.4 Å². The van der Waals surface area contributed by atoms with Crippen LogP contribution in [0, 0.1) is 0 Å². The van der Waals surface area contributed by atoms with Gasteiger partial charge in [-0.05, 0) is 22.0 Å². The number of aromatic nitrogens is 1. The van der Waals surface area contributed by atoms with Crippen molar-refractivity contribution in [2.75, 3.05) is 6.26 Å². The summed E-state index contributed by atoms with van der Waals surface area (Å²) in [6.07, 6.45) is 3.02. The molecule has 1 heterocycles. The fraction of sp³-hybridized carbons (Fsp3) is 0.429. The number of aryl methyl sites for hydroxylation is 1. The Hall–Kier alpha value is -0.330. The summed E-state index contributed by atoms with van der Waals surface area (Å²) in [4.78, 5) is 0. The first kappa shape index (κ1) is 10.7. The normalized spacial score (nSPS) is 11.9. The Morgan fingerprint density at radius 1 is 1.62 bits per heavy atom. The molecule has 0 fully saturated rings. The average Bonchev–Trinajstić information content (AvgIpc) is 2.24. The first-order valence-electron chi connectivity index (χ1n) is 3.64. The van der Waals surface area contributed by atoms with Crippen LogP contribution < -0.4 is 4.72 Å². The summed E-state index contributed by atoms with van der Waals surface area (Å²) in [5.41, 5.74) is 0.914. The number of halogens is 1. The summed E-state index contributed by atoms with van der Waals surface area (Å²) in [5, 5.41) is 0. The zero-order valence-electron chi connectivity index (χ0n) is 7.41. The van der Waals surface area contributed by atoms with Crippen LogP contribution in [0.4, 0.5) is 0 Å². The van der Waals surface area contributed by atoms with E-state index >= 15 is 0 Å². The summed E-state index contributed by atoms with van der Waals surface area (Å²) in [6.45, 7) is 0.320. The SMILES string of the molecule is Cn1cc(Br)cc1CNS(C)(=O)=O. The zero-order valence-corrected chi connectivity index (χ0v) is 9.81. The van der Waals surface area contributed by atoms with Crippen molar-refractivity contribution in [2.24, 2.45) is 7.05 Å². The van der Waals surface area contributed by atoms with Crippen molar-refractivity contribution in [3.63, 3.8) is 0 Å². The lowest BCUT2D eigenvalue weighted by atomic mass is 10.4. The van der Waals surface area contributed by atoms with Gasteiger partial charge in [0.25, 0.3) is 0 Å². The Balaban J connectivity index is 2.70. The van der Waals surface area contributed by atoms with Crippen molar-refractivity contribution >= 4 is 26.0 Å². The van der Waals surface area contributed by atoms with E-state index < -0.39 is 10.0 Å². The third kappa shape index (κ3) is 3.50. The molecule has 0 aliphatic heterocycles. The maximum atomic E-state index is 10.8. The van der Waals surface area contributed by atoms with E-state index in [4.69, 9.17) is 0 Å². The van der Waals surface area contributed by atoms with Crippen LogP contribution in [-0.4, -0.2) is 19.2 Å². The van der Waals surface area contributed by atoms with Crippen molar-refractivity contribution < 1.29 is 8.42 Å². The highest BCUT2D eigenvalue weighted by atomic mass is 79.9. The molecule has 6 heteroatoms. The number of nitrogens with one attached hydrogen (secondary N) is 1. The Morgan fingerprint density at radius 2 is 2.23 bits per heavy atom. The highest BCUT2D eigenvalue weighted by Gasteiger charge is 2.04. The molecule has 0 spiro atoms. The predicted molar refractivity (Wildman–Crippen MR) is 54.8 cm³/mol. The van der Waals surface area contributed by atoms with Gasteiger partial charge in [-0.1, -0.05) is 0 Å². The van der Waals surface area contributed by atoms with Gasteiger partial charge in [0, 0.05) is 23.4 Å². The van der Waals surface area contributed by atoms with E-state index in [1.807, 2.05) is 23.9 Å². The molecule has 0 amide bonds. The van der Waals surface area contributed by atoms with Crippen LogP contribution in [0.5, 0.6) is 0 Å². The molecule has 0 aliphatic rings. The molecule has 0 aromatic carbocycles. The van der Waals surface area contributed by atoms with E-state index in [1.165, 1.54) is 0 Å². The molecule has 1 N–H and O–H groups in total. The Labute approximate surface area is 86.1 Å². The summed E-state index contributed by atoms with van der Waals surface area (Å²) >= 11 is 3.31. The molecule has 0 unspecified atom stereocenters. The zero-order chi connectivity index (χ0) is 10.1. The Kier molecular flexibility index (Phi) is 3.15. The van der Waals surface area contributed by atoms with Crippen molar-refractivity contribution in [2.45, 2.75) is 6.54 Å². The van der Waals surface area contributed by atoms with Gasteiger partial charge in [0.05, 0.1) is 12.8 Å². The van der Waals surface area contributed by atoms with Crippen LogP contribution in [-0.2, 0) is 23.6 Å². The maximum absolute atomic E-state index is 10.8. The van der Waals surface area contributed by atoms with Crippen LogP contribution in [0.25, 0.3) is 0 Å². The quantitative estimate of drug-likeness (QED) is 0.882. The molecular weight excluding hydrogens is 256 g/mol. The Bertz CT molecular complexity index is 397. The van der Waals surface area contributed by atoms with Crippen LogP contribution in [0.2, 0.25) is 0 Å². The molecule has 0 atom stereocenters. The Morgan fingerprint density at radius 3 is 2.62 bits per heavy atom. The monoisotopic (exact) mass is 266 g/mol. The lowest BCUT2D eigenvalue weighted by Crippen LogP contribution is -2.22. The molecule has 74 valence electrons. The molecule has 13 heavy (non-hydrogen) atoms. The minimum absolute atomic E-state index is 0.320. The van der Waals surface area contributed by atoms with Crippen molar-refractivity contribution in [1.29, 1.82) is 0 Å². The minimum atomic E-state index is -3.11. The number of hydrogen-bond acceptors (Lipinski definition) is 2. The second-order valence-corrected chi connectivity index (χ2v) is 5.60. The number of rotatable bonds is 3. The van der Waals surface area contributed by atoms with E-state index in [9.17, 15) is 8.42 Å². The van der Waals surface area contributed by atoms with Crippen molar-refractivity contribution in [1.82, 2.24) is 9.29 Å². The number of nitrogens with zero attached hydrogens (tertiary/aromatic N) is 1. The van der Waals surface area contributed by atoms with Gasteiger partial charge >= 0.3 is 0 Å². The second kappa shape index (κ2) is 3.81. The smallest absolute Gasteiger partial charge is 0.209 e. The fourth-order valence-corrected chi connectivity index (χ4v) is 1.93. The van der Waals surface area contributed by atoms with E-state index in [2.05, 4.69) is 20.7 Å². The van der Waals surface area contributed by atoms with E-state index in [-0.39, 0.29) is 0 Å². The average molecular weight is 267 g/mol. The third-order valence-electron chi connectivity index (χ3n) is 1.59. The van der Waals surface area contributed by atoms with Crippen LogP contribution in [0.1, 0.15) is 5.69 Å². The second-order valence-electron chi connectivity index (χ2n) is 2.85. The van der Waals surface area contributed by atoms with Crippen LogP contribution in [0.15, 0.2) is 16.7 Å². The molecular formula is C7H11BrN2O2S. The van der Waals surface area contributed by atoms with E-state index in [0.717, 1.165) is 16.4 Å². The lowest BCUT2D eigenvalue weighted by molar-refractivity contribution is 0.585. The first-order valence-corrected chi connectivity index (χ1v) is 6.32. The molecule has 0 radical (unpaired) electrons. The summed E-state index contributed by atoms with van der Waals surface area (Å²) in [7, 11) is -1.24. The highest BCUT2D eigenvalue weighted by Crippen LogP contribution is 2.13. The van der Waals surface area contributed by atoms with Crippen LogP contribution >= 0.6 is 15.9 Å². The fourth-order valence-electron chi connectivity index (χ4n) is 0.947. The van der Waals surface area contributed by atoms with Gasteiger partial charge in [0.15, 0.2) is 0 Å². The van der Waals surface area contributed by atoms with Gasteiger partial charge < -0.3 is 4.57 Å². The lowest BCUT2D eigenvalue weighted by Gasteiger charge is -2.02. The molecule has 0 saturated carbocycles. The van der Waals surface area contributed by atoms with Gasteiger partial charge in [-0.2, -0.15) is 0 Å². The predicted octanol–water partition coefficient (Wildman–Crippen LogP) is 0.837. The van der Waals surface area contributed by atoms with Gasteiger partial charge in [-0.3, -0.25) is 0 Å². The standard InChI is InChI=1S/C7H11BrN2O2S/c1-10-5-6(8)3-7(10)4-9-13(2,11)12/h3,5,9H,4H2,1-2H3. The molecule has 4 nitrogen and oxygen atoms in total. The molecule has 0 aliphatic carbocycles. The number of hydrogen-bond donors (Lipinski definition) is 1. The number of sulfonamides is 1. The van der Waals surface area contributed by atoms with Gasteiger partial charge in [-0.15, -0.1) is 0 Å². The summed E-state index contributed by atoms with van der Waals surface area (Å²) in [5.74, 6) is 0. The molecule has 1 aromatic heterocycles. The van der Waals surface area contributed by atoms with Gasteiger partial charge in [0.2, 0.25) is 10.0 Å². The van der Waals surface area contributed by atoms with Gasteiger partial charge in [0.1, 0.15) is 0 Å². The van der Waals surface area contributed by atoms with Gasteiger partial charge in [-0.25, -0.2) is 13.1 Å². The van der Waals surface area contributed by atoms with E-state index in [0.29, 0.717) is 6.54 Å². The summed E-state index contributed by atoms with van der Waals surface area (Å²) < 4.78 is 26.8. The minimum Gasteiger partial charge on any atom is -0.352 e. The highest BCUT2D eigenvalue weighted by molar-refractivity contribution is 9.10. The summed E-state index contributed by atoms with van der Waals surface area (Å²) in [6, 6.07) is 1.87. The van der Waals surface area contributed by atoms with Crippen LogP contribution in [0.3, 0.4) is 0 Å². The van der Waals surface area contributed by atoms with Crippen molar-refractivity contribution in [3.8, 4) is 0 Å². The largest absolute Gasteiger partial charge is 0.352 e. The molecule has 0 saturated heterocycles.